The van der Waals surface area contributed by atoms with Crippen molar-refractivity contribution in [2.45, 2.75) is 53.0 Å². The molecule has 1 unspecified atom stereocenters. The maximum absolute atomic E-state index is 12.6. The van der Waals surface area contributed by atoms with Gasteiger partial charge in [-0.25, -0.2) is 4.98 Å². The molecule has 0 aromatic carbocycles. The fraction of sp³-hybridized carbons (Fsp3) is 0.522. The molecule has 0 bridgehead atoms. The van der Waals surface area contributed by atoms with Gasteiger partial charge in [0.05, 0.1) is 25.4 Å². The van der Waals surface area contributed by atoms with Crippen molar-refractivity contribution in [1.82, 2.24) is 14.9 Å². The van der Waals surface area contributed by atoms with Crippen molar-refractivity contribution in [3.8, 4) is 6.07 Å². The molecule has 2 aromatic heterocycles. The molecule has 2 N–H and O–H groups in total. The molecule has 0 aliphatic heterocycles. The summed E-state index contributed by atoms with van der Waals surface area (Å²) in [5.41, 5.74) is 1.96. The number of rotatable bonds is 7. The zero-order valence-electron chi connectivity index (χ0n) is 19.4. The third-order valence-electron chi connectivity index (χ3n) is 5.89. The number of ether oxygens (including phenoxy) is 1. The molecule has 2 amide bonds. The second kappa shape index (κ2) is 10.2. The predicted molar refractivity (Wildman–Crippen MR) is 124 cm³/mol. The van der Waals surface area contributed by atoms with Gasteiger partial charge in [-0.3, -0.25) is 14.4 Å². The lowest BCUT2D eigenvalue weighted by Crippen LogP contribution is -2.26. The highest BCUT2D eigenvalue weighted by molar-refractivity contribution is 7.16. The number of hydrogen-bond donors (Lipinski definition) is 2. The summed E-state index contributed by atoms with van der Waals surface area (Å²) in [6.45, 7) is 6.81. The monoisotopic (exact) mass is 471 g/mol. The van der Waals surface area contributed by atoms with Crippen LogP contribution in [0.3, 0.4) is 0 Å². The Balaban J connectivity index is 1.61. The van der Waals surface area contributed by atoms with Crippen molar-refractivity contribution in [3.63, 3.8) is 0 Å². The van der Waals surface area contributed by atoms with Crippen molar-refractivity contribution in [2.24, 2.45) is 11.3 Å². The van der Waals surface area contributed by atoms with E-state index in [0.717, 1.165) is 24.8 Å². The van der Waals surface area contributed by atoms with Crippen LogP contribution >= 0.6 is 11.3 Å². The second-order valence-corrected chi connectivity index (χ2v) is 10.3. The molecule has 176 valence electrons. The topological polar surface area (TPSA) is 126 Å². The van der Waals surface area contributed by atoms with Crippen molar-refractivity contribution in [3.05, 3.63) is 34.2 Å². The van der Waals surface area contributed by atoms with Gasteiger partial charge in [-0.1, -0.05) is 20.8 Å². The number of nitrogens with one attached hydrogen (secondary N) is 2. The average Bonchev–Trinajstić information content (AvgIpc) is 3.36. The number of methoxy groups -OCH3 is 1. The summed E-state index contributed by atoms with van der Waals surface area (Å²) in [6, 6.07) is 2.27. The van der Waals surface area contributed by atoms with E-state index in [4.69, 9.17) is 0 Å². The standard InChI is InChI=1S/C23H29N5O4S/c1-23(2,3)14-5-6-15-16(10-24)22(33-18(15)9-14)27-19(29)12-28-11-17(26-13-28)21(31)25-8-7-20(30)32-4/h11,13-14H,5-9,12H2,1-4H3,(H,25,31)(H,27,29). The van der Waals surface area contributed by atoms with Gasteiger partial charge in [-0.05, 0) is 36.2 Å². The number of esters is 1. The van der Waals surface area contributed by atoms with Crippen LogP contribution in [0.15, 0.2) is 12.5 Å². The number of nitrogens with zero attached hydrogens (tertiary/aromatic N) is 3. The van der Waals surface area contributed by atoms with E-state index in [1.807, 2.05) is 0 Å². The predicted octanol–water partition coefficient (Wildman–Crippen LogP) is 2.90. The number of imidazole rings is 1. The van der Waals surface area contributed by atoms with Crippen molar-refractivity contribution in [1.29, 1.82) is 5.26 Å². The summed E-state index contributed by atoms with van der Waals surface area (Å²) in [6.07, 6.45) is 5.73. The van der Waals surface area contributed by atoms with Crippen LogP contribution in [0.25, 0.3) is 0 Å². The number of carbonyl (C=O) groups is 3. The number of thiophene rings is 1. The third kappa shape index (κ3) is 5.99. The Morgan fingerprint density at radius 3 is 2.79 bits per heavy atom. The van der Waals surface area contributed by atoms with E-state index >= 15 is 0 Å². The van der Waals surface area contributed by atoms with Gasteiger partial charge >= 0.3 is 5.97 Å². The molecule has 0 radical (unpaired) electrons. The van der Waals surface area contributed by atoms with Gasteiger partial charge in [-0.2, -0.15) is 5.26 Å². The highest BCUT2D eigenvalue weighted by Crippen LogP contribution is 2.43. The molecule has 1 aliphatic rings. The molecule has 33 heavy (non-hydrogen) atoms. The van der Waals surface area contributed by atoms with Gasteiger partial charge in [0.25, 0.3) is 5.91 Å². The van der Waals surface area contributed by atoms with Gasteiger partial charge in [0, 0.05) is 17.6 Å². The van der Waals surface area contributed by atoms with E-state index in [-0.39, 0.29) is 36.5 Å². The first-order valence-electron chi connectivity index (χ1n) is 10.8. The molecule has 0 spiro atoms. The minimum atomic E-state index is -0.441. The Kier molecular flexibility index (Phi) is 7.53. The number of aromatic nitrogens is 2. The van der Waals surface area contributed by atoms with Gasteiger partial charge in [0.2, 0.25) is 5.91 Å². The van der Waals surface area contributed by atoms with Gasteiger partial charge in [0.1, 0.15) is 23.3 Å². The minimum absolute atomic E-state index is 0.0412. The largest absolute Gasteiger partial charge is 0.469 e. The second-order valence-electron chi connectivity index (χ2n) is 9.19. The number of hydrogen-bond acceptors (Lipinski definition) is 7. The number of fused-ring (bicyclic) bond motifs is 1. The summed E-state index contributed by atoms with van der Waals surface area (Å²) in [5.74, 6) is -0.614. The summed E-state index contributed by atoms with van der Waals surface area (Å²) < 4.78 is 6.02. The Bertz CT molecular complexity index is 1090. The normalized spacial score (nSPS) is 15.3. The summed E-state index contributed by atoms with van der Waals surface area (Å²) >= 11 is 1.49. The fourth-order valence-corrected chi connectivity index (χ4v) is 5.19. The van der Waals surface area contributed by atoms with Crippen LogP contribution in [0, 0.1) is 22.7 Å². The van der Waals surface area contributed by atoms with Crippen LogP contribution in [0.5, 0.6) is 0 Å². The summed E-state index contributed by atoms with van der Waals surface area (Å²) in [7, 11) is 1.28. The molecule has 9 nitrogen and oxygen atoms in total. The molecule has 10 heteroatoms. The zero-order valence-corrected chi connectivity index (χ0v) is 20.2. The smallest absolute Gasteiger partial charge is 0.307 e. The van der Waals surface area contributed by atoms with Crippen LogP contribution in [0.1, 0.15) is 60.1 Å². The van der Waals surface area contributed by atoms with Gasteiger partial charge in [-0.15, -0.1) is 11.3 Å². The van der Waals surface area contributed by atoms with E-state index in [0.29, 0.717) is 16.5 Å². The molecular weight excluding hydrogens is 442 g/mol. The zero-order chi connectivity index (χ0) is 24.2. The fourth-order valence-electron chi connectivity index (χ4n) is 3.90. The molecular formula is C23H29N5O4S. The SMILES string of the molecule is COC(=O)CCNC(=O)c1cn(CC(=O)Nc2sc3c(c2C#N)CCC(C(C)(C)C)C3)cn1. The summed E-state index contributed by atoms with van der Waals surface area (Å²) in [5, 5.41) is 15.7. The molecule has 0 saturated carbocycles. The average molecular weight is 472 g/mol. The van der Waals surface area contributed by atoms with Crippen molar-refractivity contribution >= 4 is 34.1 Å². The molecule has 1 aliphatic carbocycles. The Labute approximate surface area is 197 Å². The lowest BCUT2D eigenvalue weighted by atomic mass is 9.72. The third-order valence-corrected chi connectivity index (χ3v) is 7.06. The first-order chi connectivity index (χ1) is 15.6. The highest BCUT2D eigenvalue weighted by Gasteiger charge is 2.32. The Hall–Kier alpha value is -3.19. The minimum Gasteiger partial charge on any atom is -0.469 e. The first kappa shape index (κ1) is 24.5. The van der Waals surface area contributed by atoms with Gasteiger partial charge in [0.15, 0.2) is 0 Å². The Morgan fingerprint density at radius 2 is 2.12 bits per heavy atom. The van der Waals surface area contributed by atoms with E-state index in [1.165, 1.54) is 40.4 Å². The number of amides is 2. The van der Waals surface area contributed by atoms with E-state index in [1.54, 1.807) is 0 Å². The first-order valence-corrected chi connectivity index (χ1v) is 11.6. The van der Waals surface area contributed by atoms with E-state index in [2.05, 4.69) is 47.2 Å². The molecule has 0 saturated heterocycles. The number of anilines is 1. The van der Waals surface area contributed by atoms with Crippen LogP contribution in [0.2, 0.25) is 0 Å². The van der Waals surface area contributed by atoms with Crippen LogP contribution < -0.4 is 10.6 Å². The van der Waals surface area contributed by atoms with E-state index in [9.17, 15) is 19.6 Å². The van der Waals surface area contributed by atoms with Crippen molar-refractivity contribution in [2.75, 3.05) is 19.0 Å². The molecule has 0 fully saturated rings. The highest BCUT2D eigenvalue weighted by atomic mass is 32.1. The number of carbonyl (C=O) groups excluding carboxylic acids is 3. The van der Waals surface area contributed by atoms with Gasteiger partial charge < -0.3 is 19.9 Å². The van der Waals surface area contributed by atoms with Crippen LogP contribution in [-0.4, -0.2) is 41.0 Å². The Morgan fingerprint density at radius 1 is 1.36 bits per heavy atom. The van der Waals surface area contributed by atoms with Crippen LogP contribution in [-0.2, 0) is 33.7 Å². The maximum atomic E-state index is 12.6. The molecule has 2 aromatic rings. The quantitative estimate of drug-likeness (QED) is 0.598. The lowest BCUT2D eigenvalue weighted by Gasteiger charge is -2.33. The summed E-state index contributed by atoms with van der Waals surface area (Å²) in [4.78, 5) is 41.1. The molecule has 3 rings (SSSR count). The number of nitriles is 1. The van der Waals surface area contributed by atoms with E-state index < -0.39 is 11.9 Å². The van der Waals surface area contributed by atoms with Crippen molar-refractivity contribution < 1.29 is 19.1 Å². The van der Waals surface area contributed by atoms with Crippen LogP contribution in [0.4, 0.5) is 5.00 Å². The molecule has 2 heterocycles. The lowest BCUT2D eigenvalue weighted by molar-refractivity contribution is -0.140. The molecule has 1 atom stereocenters. The maximum Gasteiger partial charge on any atom is 0.307 e.